The zero-order valence-electron chi connectivity index (χ0n) is 12.5. The Morgan fingerprint density at radius 1 is 1.35 bits per heavy atom. The lowest BCUT2D eigenvalue weighted by Gasteiger charge is -2.24. The summed E-state index contributed by atoms with van der Waals surface area (Å²) in [5.74, 6) is -0.277. The molecule has 3 rings (SSSR count). The highest BCUT2D eigenvalue weighted by atomic mass is 19.4. The van der Waals surface area contributed by atoms with E-state index in [1.54, 1.807) is 11.1 Å². The van der Waals surface area contributed by atoms with Crippen LogP contribution in [0.15, 0.2) is 30.5 Å². The van der Waals surface area contributed by atoms with E-state index in [-0.39, 0.29) is 23.2 Å². The number of alkyl halides is 3. The van der Waals surface area contributed by atoms with E-state index in [0.29, 0.717) is 6.54 Å². The number of aryl methyl sites for hydroxylation is 1. The third-order valence-electron chi connectivity index (χ3n) is 4.10. The van der Waals surface area contributed by atoms with Crippen LogP contribution in [0.1, 0.15) is 46.3 Å². The second kappa shape index (κ2) is 5.72. The van der Waals surface area contributed by atoms with Crippen molar-refractivity contribution in [1.82, 2.24) is 14.9 Å². The summed E-state index contributed by atoms with van der Waals surface area (Å²) < 4.78 is 38.1. The van der Waals surface area contributed by atoms with E-state index in [2.05, 4.69) is 9.97 Å². The van der Waals surface area contributed by atoms with Gasteiger partial charge in [-0.1, -0.05) is 0 Å². The van der Waals surface area contributed by atoms with Crippen LogP contribution in [0.2, 0.25) is 0 Å². The topological polar surface area (TPSA) is 49.0 Å². The van der Waals surface area contributed by atoms with Crippen molar-refractivity contribution in [2.45, 2.75) is 32.0 Å². The van der Waals surface area contributed by atoms with Gasteiger partial charge in [0, 0.05) is 18.4 Å². The number of hydrogen-bond donors (Lipinski definition) is 1. The molecule has 0 radical (unpaired) electrons. The number of likely N-dealkylation sites (tertiary alicyclic amines) is 1. The van der Waals surface area contributed by atoms with Crippen LogP contribution in [0.3, 0.4) is 0 Å². The number of rotatable bonds is 2. The van der Waals surface area contributed by atoms with E-state index >= 15 is 0 Å². The number of nitrogens with one attached hydrogen (secondary N) is 1. The van der Waals surface area contributed by atoms with E-state index < -0.39 is 11.9 Å². The summed E-state index contributed by atoms with van der Waals surface area (Å²) in [6.07, 6.45) is -1.02. The second-order valence-electron chi connectivity index (χ2n) is 5.61. The van der Waals surface area contributed by atoms with Crippen molar-refractivity contribution in [1.29, 1.82) is 0 Å². The van der Waals surface area contributed by atoms with Gasteiger partial charge in [-0.15, -0.1) is 0 Å². The van der Waals surface area contributed by atoms with Gasteiger partial charge in [0.15, 0.2) is 0 Å². The number of aromatic nitrogens is 2. The monoisotopic (exact) mass is 323 g/mol. The summed E-state index contributed by atoms with van der Waals surface area (Å²) >= 11 is 0. The van der Waals surface area contributed by atoms with E-state index in [4.69, 9.17) is 0 Å². The standard InChI is InChI=1S/C16H16F3N3O/c1-10-11(6-7-14(21-10)16(17,18)19)15(23)22-9-3-5-13(22)12-4-2-8-20-12/h2,4,6-8,13,20H,3,5,9H2,1H3/t13-/m1/s1. The van der Waals surface area contributed by atoms with Gasteiger partial charge in [0.1, 0.15) is 5.69 Å². The SMILES string of the molecule is Cc1nc(C(F)(F)F)ccc1C(=O)N1CCC[C@@H]1c1ccc[nH]1. The molecule has 0 spiro atoms. The fourth-order valence-electron chi connectivity index (χ4n) is 2.98. The molecule has 7 heteroatoms. The summed E-state index contributed by atoms with van der Waals surface area (Å²) in [6.45, 7) is 2.02. The van der Waals surface area contributed by atoms with Gasteiger partial charge in [-0.05, 0) is 44.0 Å². The van der Waals surface area contributed by atoms with Crippen molar-refractivity contribution in [3.8, 4) is 0 Å². The normalized spacial score (nSPS) is 18.4. The van der Waals surface area contributed by atoms with Gasteiger partial charge in [-0.3, -0.25) is 4.79 Å². The van der Waals surface area contributed by atoms with Gasteiger partial charge in [-0.2, -0.15) is 13.2 Å². The van der Waals surface area contributed by atoms with Gasteiger partial charge < -0.3 is 9.88 Å². The molecule has 0 aliphatic carbocycles. The lowest BCUT2D eigenvalue weighted by molar-refractivity contribution is -0.141. The lowest BCUT2D eigenvalue weighted by atomic mass is 10.1. The third-order valence-corrected chi connectivity index (χ3v) is 4.10. The molecular weight excluding hydrogens is 307 g/mol. The van der Waals surface area contributed by atoms with Crippen LogP contribution in [0, 0.1) is 6.92 Å². The number of amides is 1. The van der Waals surface area contributed by atoms with Crippen molar-refractivity contribution in [3.05, 3.63) is 53.1 Å². The van der Waals surface area contributed by atoms with Crippen molar-refractivity contribution >= 4 is 5.91 Å². The number of H-pyrrole nitrogens is 1. The van der Waals surface area contributed by atoms with Crippen LogP contribution < -0.4 is 0 Å². The number of aromatic amines is 1. The molecule has 1 atom stereocenters. The third kappa shape index (κ3) is 2.95. The minimum atomic E-state index is -4.51. The number of hydrogen-bond acceptors (Lipinski definition) is 2. The lowest BCUT2D eigenvalue weighted by Crippen LogP contribution is -2.31. The Morgan fingerprint density at radius 2 is 2.13 bits per heavy atom. The molecule has 4 nitrogen and oxygen atoms in total. The number of carbonyl (C=O) groups excluding carboxylic acids is 1. The molecule has 0 aromatic carbocycles. The minimum absolute atomic E-state index is 0.0702. The molecule has 1 amide bonds. The van der Waals surface area contributed by atoms with E-state index in [0.717, 1.165) is 24.6 Å². The van der Waals surface area contributed by atoms with Crippen LogP contribution in [0.4, 0.5) is 13.2 Å². The molecule has 122 valence electrons. The van der Waals surface area contributed by atoms with Crippen LogP contribution in [0.25, 0.3) is 0 Å². The van der Waals surface area contributed by atoms with E-state index in [1.807, 2.05) is 12.1 Å². The van der Waals surface area contributed by atoms with Gasteiger partial charge >= 0.3 is 6.18 Å². The first-order valence-corrected chi connectivity index (χ1v) is 7.37. The second-order valence-corrected chi connectivity index (χ2v) is 5.61. The maximum absolute atomic E-state index is 12.7. The molecule has 1 aliphatic rings. The molecule has 1 N–H and O–H groups in total. The Kier molecular flexibility index (Phi) is 3.87. The van der Waals surface area contributed by atoms with E-state index in [1.165, 1.54) is 13.0 Å². The molecule has 0 bridgehead atoms. The summed E-state index contributed by atoms with van der Waals surface area (Å²) in [5, 5.41) is 0. The zero-order valence-corrected chi connectivity index (χ0v) is 12.5. The Labute approximate surface area is 131 Å². The first kappa shape index (κ1) is 15.6. The Bertz CT molecular complexity index is 710. The predicted molar refractivity (Wildman–Crippen MR) is 77.8 cm³/mol. The maximum atomic E-state index is 12.7. The molecular formula is C16H16F3N3O. The maximum Gasteiger partial charge on any atom is 0.433 e. The first-order valence-electron chi connectivity index (χ1n) is 7.37. The molecule has 23 heavy (non-hydrogen) atoms. The largest absolute Gasteiger partial charge is 0.433 e. The van der Waals surface area contributed by atoms with Crippen LogP contribution in [0.5, 0.6) is 0 Å². The van der Waals surface area contributed by atoms with Gasteiger partial charge in [0.2, 0.25) is 0 Å². The Morgan fingerprint density at radius 3 is 2.74 bits per heavy atom. The fraction of sp³-hybridized carbons (Fsp3) is 0.375. The molecule has 3 heterocycles. The average molecular weight is 323 g/mol. The molecule has 2 aromatic rings. The van der Waals surface area contributed by atoms with Crippen molar-refractivity contribution in [2.75, 3.05) is 6.54 Å². The summed E-state index contributed by atoms with van der Waals surface area (Å²) in [5.41, 5.74) is 0.278. The molecule has 0 unspecified atom stereocenters. The van der Waals surface area contributed by atoms with Crippen LogP contribution in [-0.2, 0) is 6.18 Å². The summed E-state index contributed by atoms with van der Waals surface area (Å²) in [6, 6.07) is 5.78. The minimum Gasteiger partial charge on any atom is -0.363 e. The highest BCUT2D eigenvalue weighted by Gasteiger charge is 2.35. The van der Waals surface area contributed by atoms with Gasteiger partial charge in [-0.25, -0.2) is 4.98 Å². The van der Waals surface area contributed by atoms with Gasteiger partial charge in [0.25, 0.3) is 5.91 Å². The predicted octanol–water partition coefficient (Wildman–Crippen LogP) is 3.71. The Balaban J connectivity index is 1.88. The van der Waals surface area contributed by atoms with Crippen LogP contribution in [-0.4, -0.2) is 27.3 Å². The highest BCUT2D eigenvalue weighted by molar-refractivity contribution is 5.95. The summed E-state index contributed by atoms with van der Waals surface area (Å²) in [7, 11) is 0. The van der Waals surface area contributed by atoms with E-state index in [9.17, 15) is 18.0 Å². The molecule has 1 saturated heterocycles. The number of carbonyl (C=O) groups is 1. The quantitative estimate of drug-likeness (QED) is 0.916. The smallest absolute Gasteiger partial charge is 0.363 e. The number of pyridine rings is 1. The average Bonchev–Trinajstić information content (AvgIpc) is 3.16. The van der Waals surface area contributed by atoms with Crippen molar-refractivity contribution in [2.24, 2.45) is 0 Å². The van der Waals surface area contributed by atoms with Gasteiger partial charge in [0.05, 0.1) is 17.3 Å². The number of halogens is 3. The molecule has 1 aliphatic heterocycles. The fourth-order valence-corrected chi connectivity index (χ4v) is 2.98. The zero-order chi connectivity index (χ0) is 16.6. The molecule has 1 fully saturated rings. The first-order chi connectivity index (χ1) is 10.9. The van der Waals surface area contributed by atoms with Crippen molar-refractivity contribution in [3.63, 3.8) is 0 Å². The van der Waals surface area contributed by atoms with Crippen LogP contribution >= 0.6 is 0 Å². The molecule has 2 aromatic heterocycles. The Hall–Kier alpha value is -2.31. The molecule has 0 saturated carbocycles. The number of nitrogens with zero attached hydrogens (tertiary/aromatic N) is 2. The highest BCUT2D eigenvalue weighted by Crippen LogP contribution is 2.33. The van der Waals surface area contributed by atoms with Crippen molar-refractivity contribution < 1.29 is 18.0 Å². The summed E-state index contributed by atoms with van der Waals surface area (Å²) in [4.78, 5) is 21.1.